The Bertz CT molecular complexity index is 729. The summed E-state index contributed by atoms with van der Waals surface area (Å²) >= 11 is 0. The maximum absolute atomic E-state index is 11.4. The highest BCUT2D eigenvalue weighted by Gasteiger charge is 2.12. The lowest BCUT2D eigenvalue weighted by Gasteiger charge is -2.15. The molecular weight excluding hydrogens is 316 g/mol. The van der Waals surface area contributed by atoms with Crippen molar-refractivity contribution < 1.29 is 19.4 Å². The van der Waals surface area contributed by atoms with Gasteiger partial charge in [0.05, 0.1) is 6.61 Å². The number of carbonyl (C=O) groups is 2. The second-order valence-electron chi connectivity index (χ2n) is 6.07. The van der Waals surface area contributed by atoms with E-state index in [1.165, 1.54) is 0 Å². The second-order valence-corrected chi connectivity index (χ2v) is 6.07. The fourth-order valence-electron chi connectivity index (χ4n) is 2.41. The molecule has 0 radical (unpaired) electrons. The summed E-state index contributed by atoms with van der Waals surface area (Å²) in [7, 11) is 0. The van der Waals surface area contributed by atoms with E-state index in [1.807, 2.05) is 36.4 Å². The molecule has 25 heavy (non-hydrogen) atoms. The Hall–Kier alpha value is -2.72. The molecule has 0 spiro atoms. The summed E-state index contributed by atoms with van der Waals surface area (Å²) < 4.78 is 5.12. The summed E-state index contributed by atoms with van der Waals surface area (Å²) in [6, 6.07) is 15.4. The van der Waals surface area contributed by atoms with Crippen molar-refractivity contribution in [1.82, 2.24) is 0 Å². The number of hydrogen-bond donors (Lipinski definition) is 1. The zero-order chi connectivity index (χ0) is 18.2. The molecule has 2 aromatic carbocycles. The summed E-state index contributed by atoms with van der Waals surface area (Å²) in [6.07, 6.45) is 1.44. The Morgan fingerprint density at radius 1 is 1.12 bits per heavy atom. The van der Waals surface area contributed by atoms with E-state index in [9.17, 15) is 14.7 Å². The van der Waals surface area contributed by atoms with Crippen molar-refractivity contribution in [2.45, 2.75) is 13.3 Å². The third-order valence-electron chi connectivity index (χ3n) is 3.92. The third kappa shape index (κ3) is 5.40. The van der Waals surface area contributed by atoms with Crippen molar-refractivity contribution in [2.75, 3.05) is 13.2 Å². The van der Waals surface area contributed by atoms with Gasteiger partial charge in [-0.05, 0) is 30.0 Å². The van der Waals surface area contributed by atoms with Gasteiger partial charge in [0.25, 0.3) is 0 Å². The number of carbonyl (C=O) groups excluding carboxylic acids is 2. The van der Waals surface area contributed by atoms with E-state index in [1.54, 1.807) is 19.1 Å². The summed E-state index contributed by atoms with van der Waals surface area (Å²) in [5.41, 5.74) is 4.14. The van der Waals surface area contributed by atoms with Crippen molar-refractivity contribution in [1.29, 1.82) is 0 Å². The van der Waals surface area contributed by atoms with Crippen LogP contribution in [0.1, 0.15) is 22.8 Å². The van der Waals surface area contributed by atoms with Crippen molar-refractivity contribution >= 4 is 12.3 Å². The maximum atomic E-state index is 11.4. The van der Waals surface area contributed by atoms with E-state index in [0.717, 1.165) is 23.0 Å². The predicted molar refractivity (Wildman–Crippen MR) is 97.3 cm³/mol. The van der Waals surface area contributed by atoms with Gasteiger partial charge in [-0.15, -0.1) is 0 Å². The van der Waals surface area contributed by atoms with Crippen LogP contribution >= 0.6 is 0 Å². The van der Waals surface area contributed by atoms with Crippen LogP contribution in [-0.2, 0) is 16.0 Å². The second kappa shape index (κ2) is 8.94. The van der Waals surface area contributed by atoms with Crippen LogP contribution in [0.15, 0.2) is 60.7 Å². The summed E-state index contributed by atoms with van der Waals surface area (Å²) in [4.78, 5) is 22.1. The lowest BCUT2D eigenvalue weighted by molar-refractivity contribution is -0.140. The predicted octanol–water partition coefficient (Wildman–Crippen LogP) is 3.44. The van der Waals surface area contributed by atoms with Crippen LogP contribution in [0.3, 0.4) is 0 Å². The molecule has 2 rings (SSSR count). The lowest BCUT2D eigenvalue weighted by Crippen LogP contribution is -2.19. The average molecular weight is 338 g/mol. The first-order chi connectivity index (χ1) is 12.0. The molecule has 0 aliphatic carbocycles. The molecule has 0 bridgehead atoms. The maximum Gasteiger partial charge on any atom is 0.333 e. The van der Waals surface area contributed by atoms with Crippen molar-refractivity contribution in [3.05, 3.63) is 71.8 Å². The van der Waals surface area contributed by atoms with E-state index in [2.05, 4.69) is 6.58 Å². The van der Waals surface area contributed by atoms with E-state index < -0.39 is 5.97 Å². The minimum absolute atomic E-state index is 0.0572. The first kappa shape index (κ1) is 18.6. The van der Waals surface area contributed by atoms with Crippen molar-refractivity contribution in [3.63, 3.8) is 0 Å². The normalized spacial score (nSPS) is 11.6. The molecule has 1 N–H and O–H groups in total. The molecule has 130 valence electrons. The number of ether oxygens (including phenoxy) is 1. The van der Waals surface area contributed by atoms with Gasteiger partial charge >= 0.3 is 5.97 Å². The Morgan fingerprint density at radius 3 is 2.16 bits per heavy atom. The molecule has 1 unspecified atom stereocenters. The molecule has 0 heterocycles. The van der Waals surface area contributed by atoms with E-state index in [4.69, 9.17) is 4.74 Å². The minimum Gasteiger partial charge on any atom is -0.462 e. The highest BCUT2D eigenvalue weighted by Crippen LogP contribution is 2.21. The molecule has 0 saturated heterocycles. The number of hydrogen-bond acceptors (Lipinski definition) is 4. The zero-order valence-electron chi connectivity index (χ0n) is 14.3. The topological polar surface area (TPSA) is 63.6 Å². The fourth-order valence-corrected chi connectivity index (χ4v) is 2.41. The number of rotatable bonds is 8. The summed E-state index contributed by atoms with van der Waals surface area (Å²) in [6.45, 7) is 5.24. The first-order valence-corrected chi connectivity index (χ1v) is 8.11. The standard InChI is InChI=1S/C21H22O4/c1-15(2)21(24)25-14-18(13-23)11-16-3-7-19(8-4-16)20-9-5-17(12-22)6-10-20/h3-10,12,18,23H,1,11,13-14H2,2H3. The van der Waals surface area contributed by atoms with Crippen LogP contribution in [0.25, 0.3) is 11.1 Å². The highest BCUT2D eigenvalue weighted by molar-refractivity contribution is 5.86. The van der Waals surface area contributed by atoms with Gasteiger partial charge in [0.1, 0.15) is 6.29 Å². The Morgan fingerprint density at radius 2 is 1.68 bits per heavy atom. The molecule has 0 aliphatic rings. The van der Waals surface area contributed by atoms with Crippen molar-refractivity contribution in [3.8, 4) is 11.1 Å². The van der Waals surface area contributed by atoms with Gasteiger partial charge in [-0.2, -0.15) is 0 Å². The Labute approximate surface area is 147 Å². The Balaban J connectivity index is 1.99. The SMILES string of the molecule is C=C(C)C(=O)OCC(CO)Cc1ccc(-c2ccc(C=O)cc2)cc1. The quantitative estimate of drug-likeness (QED) is 0.455. The molecule has 2 aromatic rings. The van der Waals surface area contributed by atoms with Crippen molar-refractivity contribution in [2.24, 2.45) is 5.92 Å². The van der Waals surface area contributed by atoms with Gasteiger partial charge in [0, 0.05) is 23.7 Å². The molecule has 1 atom stereocenters. The largest absolute Gasteiger partial charge is 0.462 e. The molecular formula is C21H22O4. The van der Waals surface area contributed by atoms with Gasteiger partial charge in [0.15, 0.2) is 0 Å². The molecule has 0 amide bonds. The Kier molecular flexibility index (Phi) is 6.66. The monoisotopic (exact) mass is 338 g/mol. The first-order valence-electron chi connectivity index (χ1n) is 8.11. The van der Waals surface area contributed by atoms with E-state index >= 15 is 0 Å². The number of benzene rings is 2. The van der Waals surface area contributed by atoms with Gasteiger partial charge in [-0.25, -0.2) is 4.79 Å². The van der Waals surface area contributed by atoms with Gasteiger partial charge in [0.2, 0.25) is 0 Å². The van der Waals surface area contributed by atoms with Crippen LogP contribution in [0, 0.1) is 5.92 Å². The summed E-state index contributed by atoms with van der Waals surface area (Å²) in [5.74, 6) is -0.589. The van der Waals surface area contributed by atoms with Gasteiger partial charge < -0.3 is 9.84 Å². The minimum atomic E-state index is -0.437. The number of aliphatic hydroxyl groups excluding tert-OH is 1. The molecule has 0 saturated carbocycles. The van der Waals surface area contributed by atoms with Crippen LogP contribution < -0.4 is 0 Å². The van der Waals surface area contributed by atoms with Gasteiger partial charge in [-0.3, -0.25) is 4.79 Å². The molecule has 0 fully saturated rings. The van der Waals surface area contributed by atoms with Crippen LogP contribution in [0.4, 0.5) is 0 Å². The van der Waals surface area contributed by atoms with E-state index in [-0.39, 0.29) is 19.1 Å². The summed E-state index contributed by atoms with van der Waals surface area (Å²) in [5, 5.41) is 9.48. The van der Waals surface area contributed by atoms with Crippen LogP contribution in [0.5, 0.6) is 0 Å². The lowest BCUT2D eigenvalue weighted by atomic mass is 9.97. The molecule has 4 nitrogen and oxygen atoms in total. The van der Waals surface area contributed by atoms with E-state index in [0.29, 0.717) is 17.6 Å². The number of esters is 1. The highest BCUT2D eigenvalue weighted by atomic mass is 16.5. The molecule has 0 aromatic heterocycles. The van der Waals surface area contributed by atoms with Crippen LogP contribution in [-0.4, -0.2) is 30.6 Å². The fraction of sp³-hybridized carbons (Fsp3) is 0.238. The average Bonchev–Trinajstić information content (AvgIpc) is 2.65. The molecule has 4 heteroatoms. The zero-order valence-corrected chi connectivity index (χ0v) is 14.3. The van der Waals surface area contributed by atoms with Crippen LogP contribution in [0.2, 0.25) is 0 Å². The van der Waals surface area contributed by atoms with Gasteiger partial charge in [-0.1, -0.05) is 55.1 Å². The molecule has 0 aliphatic heterocycles. The number of aliphatic hydroxyl groups is 1. The number of aldehydes is 1. The smallest absolute Gasteiger partial charge is 0.333 e. The third-order valence-corrected chi connectivity index (χ3v) is 3.92.